The van der Waals surface area contributed by atoms with Crippen LogP contribution < -0.4 is 0 Å². The lowest BCUT2D eigenvalue weighted by molar-refractivity contribution is -0.148. The van der Waals surface area contributed by atoms with E-state index < -0.39 is 17.5 Å². The second-order valence-electron chi connectivity index (χ2n) is 5.44. The molecule has 1 heterocycles. The Labute approximate surface area is 130 Å². The molecule has 0 aliphatic carbocycles. The molecule has 1 aromatic heterocycles. The predicted molar refractivity (Wildman–Crippen MR) is 84.8 cm³/mol. The highest BCUT2D eigenvalue weighted by molar-refractivity contribution is 5.87. The summed E-state index contributed by atoms with van der Waals surface area (Å²) in [5.74, 6) is -0.847. The summed E-state index contributed by atoms with van der Waals surface area (Å²) in [6.07, 6.45) is 5.76. The van der Waals surface area contributed by atoms with Gasteiger partial charge < -0.3 is 9.47 Å². The highest BCUT2D eigenvalue weighted by Gasteiger charge is 2.13. The van der Waals surface area contributed by atoms with Crippen LogP contribution in [-0.2, 0) is 19.1 Å². The molecule has 1 rings (SSSR count). The molecule has 0 N–H and O–H groups in total. The zero-order chi connectivity index (χ0) is 16.6. The Bertz CT molecular complexity index is 583. The van der Waals surface area contributed by atoms with E-state index in [0.29, 0.717) is 18.0 Å². The largest absolute Gasteiger partial charge is 0.463 e. The summed E-state index contributed by atoms with van der Waals surface area (Å²) in [5.41, 5.74) is 0.662. The molecule has 0 atom stereocenters. The zero-order valence-corrected chi connectivity index (χ0v) is 13.3. The normalized spacial score (nSPS) is 11.8. The Morgan fingerprint density at radius 3 is 2.14 bits per heavy atom. The molecule has 0 bridgehead atoms. The van der Waals surface area contributed by atoms with Crippen LogP contribution in [0.1, 0.15) is 39.1 Å². The van der Waals surface area contributed by atoms with Crippen molar-refractivity contribution in [3.8, 4) is 0 Å². The van der Waals surface area contributed by atoms with Gasteiger partial charge in [0, 0.05) is 12.2 Å². The Hall–Kier alpha value is -2.43. The monoisotopic (exact) mass is 303 g/mol. The first-order chi connectivity index (χ1) is 10.3. The van der Waals surface area contributed by atoms with Gasteiger partial charge in [0.15, 0.2) is 0 Å². The first-order valence-electron chi connectivity index (χ1n) is 7.03. The van der Waals surface area contributed by atoms with E-state index in [9.17, 15) is 9.59 Å². The molecule has 22 heavy (non-hydrogen) atoms. The summed E-state index contributed by atoms with van der Waals surface area (Å²) < 4.78 is 9.96. The second kappa shape index (κ2) is 8.12. The minimum Gasteiger partial charge on any atom is -0.463 e. The van der Waals surface area contributed by atoms with Crippen LogP contribution in [-0.4, -0.2) is 29.1 Å². The van der Waals surface area contributed by atoms with Crippen LogP contribution in [0.4, 0.5) is 0 Å². The van der Waals surface area contributed by atoms with Crippen LogP contribution in [0.5, 0.6) is 0 Å². The molecule has 118 valence electrons. The molecule has 1 aromatic rings. The third-order valence-electron chi connectivity index (χ3n) is 2.27. The van der Waals surface area contributed by atoms with Crippen LogP contribution in [0.15, 0.2) is 30.4 Å². The van der Waals surface area contributed by atoms with Gasteiger partial charge >= 0.3 is 11.9 Å². The molecular weight excluding hydrogens is 282 g/mol. The highest BCUT2D eigenvalue weighted by atomic mass is 16.6. The number of ether oxygens (including phenoxy) is 2. The summed E-state index contributed by atoms with van der Waals surface area (Å²) in [6, 6.07) is 5.29. The van der Waals surface area contributed by atoms with E-state index in [1.807, 2.05) is 0 Å². The first-order valence-corrected chi connectivity index (χ1v) is 7.03. The maximum absolute atomic E-state index is 11.6. The van der Waals surface area contributed by atoms with Gasteiger partial charge in [-0.05, 0) is 52.0 Å². The molecule has 5 nitrogen and oxygen atoms in total. The fourth-order valence-corrected chi connectivity index (χ4v) is 1.49. The summed E-state index contributed by atoms with van der Waals surface area (Å²) in [7, 11) is 0. The van der Waals surface area contributed by atoms with Crippen molar-refractivity contribution < 1.29 is 19.1 Å². The number of aromatic nitrogens is 1. The molecule has 0 aromatic carbocycles. The number of carbonyl (C=O) groups excluding carboxylic acids is 2. The van der Waals surface area contributed by atoms with Gasteiger partial charge in [-0.25, -0.2) is 14.6 Å². The molecule has 0 radical (unpaired) electrons. The lowest BCUT2D eigenvalue weighted by atomic mass is 10.2. The van der Waals surface area contributed by atoms with Crippen LogP contribution in [0, 0.1) is 0 Å². The average Bonchev–Trinajstić information content (AvgIpc) is 2.42. The fraction of sp³-hybridized carbons (Fsp3) is 0.353. The van der Waals surface area contributed by atoms with E-state index in [2.05, 4.69) is 4.98 Å². The van der Waals surface area contributed by atoms with Gasteiger partial charge in [0.25, 0.3) is 0 Å². The number of hydrogen-bond donors (Lipinski definition) is 0. The van der Waals surface area contributed by atoms with Crippen molar-refractivity contribution in [2.45, 2.75) is 33.3 Å². The van der Waals surface area contributed by atoms with Crippen molar-refractivity contribution in [2.24, 2.45) is 0 Å². The SMILES string of the molecule is CCOC(=O)/C=C/c1cccc(/C=C/C(=O)OC(C)(C)C)n1. The van der Waals surface area contributed by atoms with Crippen molar-refractivity contribution in [3.05, 3.63) is 41.7 Å². The van der Waals surface area contributed by atoms with Gasteiger partial charge in [-0.1, -0.05) is 6.07 Å². The molecule has 0 unspecified atom stereocenters. The van der Waals surface area contributed by atoms with Crippen molar-refractivity contribution >= 4 is 24.1 Å². The summed E-state index contributed by atoms with van der Waals surface area (Å²) in [5, 5.41) is 0. The Morgan fingerprint density at radius 1 is 1.09 bits per heavy atom. The lowest BCUT2D eigenvalue weighted by Gasteiger charge is -2.17. The number of hydrogen-bond acceptors (Lipinski definition) is 5. The van der Waals surface area contributed by atoms with Gasteiger partial charge in [0.1, 0.15) is 5.60 Å². The molecule has 0 aliphatic heterocycles. The number of rotatable bonds is 5. The second-order valence-corrected chi connectivity index (χ2v) is 5.44. The van der Waals surface area contributed by atoms with E-state index in [0.717, 1.165) is 0 Å². The molecule has 0 saturated heterocycles. The third kappa shape index (κ3) is 7.38. The summed E-state index contributed by atoms with van der Waals surface area (Å²) in [4.78, 5) is 27.1. The van der Waals surface area contributed by atoms with E-state index in [1.165, 1.54) is 12.2 Å². The number of pyridine rings is 1. The average molecular weight is 303 g/mol. The standard InChI is InChI=1S/C17H21NO4/c1-5-21-15(19)11-9-13-7-6-8-14(18-13)10-12-16(20)22-17(2,3)4/h6-12H,5H2,1-4H3/b11-9+,12-10+. The molecule has 0 fully saturated rings. The van der Waals surface area contributed by atoms with Gasteiger partial charge in [0.05, 0.1) is 18.0 Å². The van der Waals surface area contributed by atoms with E-state index in [4.69, 9.17) is 9.47 Å². The van der Waals surface area contributed by atoms with Crippen molar-refractivity contribution in [3.63, 3.8) is 0 Å². The molecule has 0 amide bonds. The number of esters is 2. The van der Waals surface area contributed by atoms with Crippen LogP contribution in [0.2, 0.25) is 0 Å². The number of carbonyl (C=O) groups is 2. The minimum atomic E-state index is -0.529. The fourth-order valence-electron chi connectivity index (χ4n) is 1.49. The third-order valence-corrected chi connectivity index (χ3v) is 2.27. The molecule has 5 heteroatoms. The van der Waals surface area contributed by atoms with Crippen LogP contribution in [0.3, 0.4) is 0 Å². The quantitative estimate of drug-likeness (QED) is 0.618. The van der Waals surface area contributed by atoms with Crippen molar-refractivity contribution in [1.29, 1.82) is 0 Å². The van der Waals surface area contributed by atoms with E-state index in [-0.39, 0.29) is 0 Å². The van der Waals surface area contributed by atoms with E-state index in [1.54, 1.807) is 58.0 Å². The smallest absolute Gasteiger partial charge is 0.331 e. The van der Waals surface area contributed by atoms with Crippen molar-refractivity contribution in [2.75, 3.05) is 6.61 Å². The molecular formula is C17H21NO4. The van der Waals surface area contributed by atoms with Gasteiger partial charge in [-0.3, -0.25) is 0 Å². The highest BCUT2D eigenvalue weighted by Crippen LogP contribution is 2.09. The van der Waals surface area contributed by atoms with Crippen molar-refractivity contribution in [1.82, 2.24) is 4.98 Å². The van der Waals surface area contributed by atoms with Gasteiger partial charge in [0.2, 0.25) is 0 Å². The maximum atomic E-state index is 11.6. The molecule has 0 spiro atoms. The molecule has 0 aliphatic rings. The maximum Gasteiger partial charge on any atom is 0.331 e. The number of nitrogens with zero attached hydrogens (tertiary/aromatic N) is 1. The zero-order valence-electron chi connectivity index (χ0n) is 13.3. The van der Waals surface area contributed by atoms with Crippen LogP contribution >= 0.6 is 0 Å². The predicted octanol–water partition coefficient (Wildman–Crippen LogP) is 3.01. The molecule has 0 saturated carbocycles. The minimum absolute atomic E-state index is 0.329. The lowest BCUT2D eigenvalue weighted by Crippen LogP contribution is -2.22. The Balaban J connectivity index is 2.72. The van der Waals surface area contributed by atoms with E-state index >= 15 is 0 Å². The Kier molecular flexibility index (Phi) is 6.50. The van der Waals surface area contributed by atoms with Gasteiger partial charge in [-0.15, -0.1) is 0 Å². The van der Waals surface area contributed by atoms with Crippen LogP contribution in [0.25, 0.3) is 12.2 Å². The summed E-state index contributed by atoms with van der Waals surface area (Å²) >= 11 is 0. The Morgan fingerprint density at radius 2 is 1.64 bits per heavy atom. The topological polar surface area (TPSA) is 65.5 Å². The summed E-state index contributed by atoms with van der Waals surface area (Å²) in [6.45, 7) is 7.48. The van der Waals surface area contributed by atoms with Gasteiger partial charge in [-0.2, -0.15) is 0 Å². The first kappa shape index (κ1) is 17.6.